The highest BCUT2D eigenvalue weighted by atomic mass is 32.1. The zero-order valence-electron chi connectivity index (χ0n) is 15.7. The van der Waals surface area contributed by atoms with Crippen molar-refractivity contribution in [3.05, 3.63) is 44.4 Å². The second kappa shape index (κ2) is 6.68. The van der Waals surface area contributed by atoms with Gasteiger partial charge in [-0.25, -0.2) is 9.97 Å². The van der Waals surface area contributed by atoms with E-state index in [9.17, 15) is 0 Å². The molecule has 0 spiro atoms. The molecule has 0 atom stereocenters. The third kappa shape index (κ3) is 3.09. The van der Waals surface area contributed by atoms with Gasteiger partial charge in [0.1, 0.15) is 0 Å². The minimum atomic E-state index is 1.04. The quantitative estimate of drug-likeness (QED) is 0.344. The van der Waals surface area contributed by atoms with Gasteiger partial charge >= 0.3 is 0 Å². The molecular formula is C20H20N2S4. The first-order chi connectivity index (χ1) is 12.3. The standard InChI is InChI=1S/C20H20N2S4/c1-9-7-11(3)23-15(9)17-13(5)21-19(25-17)20-22-14(6)18(26-20)16-10(2)8-12(4)24-16/h7-8H,1-6H3. The molecule has 0 aliphatic heterocycles. The van der Waals surface area contributed by atoms with Crippen molar-refractivity contribution >= 4 is 45.3 Å². The Bertz CT molecular complexity index is 1020. The highest BCUT2D eigenvalue weighted by Crippen LogP contribution is 2.44. The van der Waals surface area contributed by atoms with Crippen LogP contribution in [0.2, 0.25) is 0 Å². The Labute approximate surface area is 170 Å². The van der Waals surface area contributed by atoms with Crippen LogP contribution in [0.4, 0.5) is 0 Å². The molecule has 0 N–H and O–H groups in total. The smallest absolute Gasteiger partial charge is 0.153 e. The topological polar surface area (TPSA) is 25.8 Å². The van der Waals surface area contributed by atoms with Crippen molar-refractivity contribution in [2.75, 3.05) is 0 Å². The van der Waals surface area contributed by atoms with E-state index >= 15 is 0 Å². The number of thiophene rings is 2. The lowest BCUT2D eigenvalue weighted by molar-refractivity contribution is 1.23. The Morgan fingerprint density at radius 3 is 1.23 bits per heavy atom. The molecule has 0 unspecified atom stereocenters. The lowest BCUT2D eigenvalue weighted by Gasteiger charge is -1.95. The number of rotatable bonds is 3. The summed E-state index contributed by atoms with van der Waals surface area (Å²) in [5.74, 6) is 0. The molecule has 0 fully saturated rings. The molecule has 4 heterocycles. The molecule has 2 nitrogen and oxygen atoms in total. The number of thiazole rings is 2. The van der Waals surface area contributed by atoms with Crippen molar-refractivity contribution in [3.8, 4) is 29.5 Å². The lowest BCUT2D eigenvalue weighted by Crippen LogP contribution is -1.78. The van der Waals surface area contributed by atoms with Crippen molar-refractivity contribution in [2.45, 2.75) is 41.5 Å². The van der Waals surface area contributed by atoms with Crippen LogP contribution in [-0.4, -0.2) is 9.97 Å². The van der Waals surface area contributed by atoms with Crippen LogP contribution in [0.15, 0.2) is 12.1 Å². The summed E-state index contributed by atoms with van der Waals surface area (Å²) in [6.07, 6.45) is 0. The third-order valence-corrected chi connectivity index (χ3v) is 9.36. The summed E-state index contributed by atoms with van der Waals surface area (Å²) in [6.45, 7) is 12.9. The van der Waals surface area contributed by atoms with Crippen molar-refractivity contribution in [3.63, 3.8) is 0 Å². The minimum absolute atomic E-state index is 1.04. The highest BCUT2D eigenvalue weighted by Gasteiger charge is 2.20. The molecule has 0 aromatic carbocycles. The first-order valence-electron chi connectivity index (χ1n) is 8.43. The molecule has 0 bridgehead atoms. The van der Waals surface area contributed by atoms with Gasteiger partial charge in [-0.05, 0) is 64.8 Å². The van der Waals surface area contributed by atoms with E-state index in [1.807, 2.05) is 22.7 Å². The molecule has 0 saturated carbocycles. The highest BCUT2D eigenvalue weighted by molar-refractivity contribution is 7.28. The van der Waals surface area contributed by atoms with Crippen LogP contribution in [0.1, 0.15) is 32.3 Å². The van der Waals surface area contributed by atoms with Gasteiger partial charge in [-0.15, -0.1) is 45.3 Å². The SMILES string of the molecule is Cc1cc(C)c(-c2sc(-c3nc(C)c(-c4sc(C)cc4C)s3)nc2C)s1. The first kappa shape index (κ1) is 18.0. The molecule has 4 aromatic rings. The average molecular weight is 417 g/mol. The molecule has 0 aliphatic carbocycles. The molecular weight excluding hydrogens is 397 g/mol. The first-order valence-corrected chi connectivity index (χ1v) is 11.7. The monoisotopic (exact) mass is 416 g/mol. The average Bonchev–Trinajstić information content (AvgIpc) is 3.28. The largest absolute Gasteiger partial charge is 0.238 e. The van der Waals surface area contributed by atoms with E-state index < -0.39 is 0 Å². The van der Waals surface area contributed by atoms with E-state index in [0.29, 0.717) is 0 Å². The Morgan fingerprint density at radius 2 is 0.923 bits per heavy atom. The van der Waals surface area contributed by atoms with E-state index in [1.165, 1.54) is 40.4 Å². The molecule has 26 heavy (non-hydrogen) atoms. The number of aromatic nitrogens is 2. The summed E-state index contributed by atoms with van der Waals surface area (Å²) in [5, 5.41) is 2.07. The predicted molar refractivity (Wildman–Crippen MR) is 118 cm³/mol. The van der Waals surface area contributed by atoms with E-state index in [0.717, 1.165) is 21.4 Å². The Kier molecular flexibility index (Phi) is 4.63. The summed E-state index contributed by atoms with van der Waals surface area (Å²) >= 11 is 7.25. The summed E-state index contributed by atoms with van der Waals surface area (Å²) in [7, 11) is 0. The number of hydrogen-bond acceptors (Lipinski definition) is 6. The van der Waals surface area contributed by atoms with Gasteiger partial charge in [0.05, 0.1) is 21.1 Å². The molecule has 0 aliphatic rings. The van der Waals surface area contributed by atoms with Gasteiger partial charge in [-0.3, -0.25) is 0 Å². The van der Waals surface area contributed by atoms with Crippen LogP contribution in [0.3, 0.4) is 0 Å². The van der Waals surface area contributed by atoms with Crippen LogP contribution in [0.25, 0.3) is 29.5 Å². The summed E-state index contributed by atoms with van der Waals surface area (Å²) in [6, 6.07) is 4.51. The molecule has 134 valence electrons. The van der Waals surface area contributed by atoms with Crippen molar-refractivity contribution in [1.29, 1.82) is 0 Å². The van der Waals surface area contributed by atoms with Gasteiger partial charge in [0.25, 0.3) is 0 Å². The maximum Gasteiger partial charge on any atom is 0.153 e. The van der Waals surface area contributed by atoms with E-state index in [2.05, 4.69) is 53.7 Å². The van der Waals surface area contributed by atoms with E-state index in [-0.39, 0.29) is 0 Å². The van der Waals surface area contributed by atoms with Crippen LogP contribution >= 0.6 is 45.3 Å². The van der Waals surface area contributed by atoms with Crippen LogP contribution < -0.4 is 0 Å². The Balaban J connectivity index is 1.78. The molecule has 0 amide bonds. The predicted octanol–water partition coefficient (Wildman–Crippen LogP) is 7.57. The molecule has 0 saturated heterocycles. The van der Waals surface area contributed by atoms with Gasteiger partial charge in [0.15, 0.2) is 10.0 Å². The van der Waals surface area contributed by atoms with Crippen LogP contribution in [0.5, 0.6) is 0 Å². The summed E-state index contributed by atoms with van der Waals surface area (Å²) in [4.78, 5) is 17.7. The van der Waals surface area contributed by atoms with Crippen LogP contribution in [-0.2, 0) is 0 Å². The molecule has 4 aromatic heterocycles. The zero-order chi connectivity index (χ0) is 18.6. The molecule has 0 radical (unpaired) electrons. The second-order valence-corrected chi connectivity index (χ2v) is 11.1. The fourth-order valence-electron chi connectivity index (χ4n) is 3.13. The van der Waals surface area contributed by atoms with Gasteiger partial charge in [-0.1, -0.05) is 0 Å². The second-order valence-electron chi connectivity index (χ2n) is 6.61. The number of hydrogen-bond donors (Lipinski definition) is 0. The number of aryl methyl sites for hydroxylation is 6. The molecule has 4 rings (SSSR count). The summed E-state index contributed by atoms with van der Waals surface area (Å²) in [5.41, 5.74) is 4.89. The fraction of sp³-hybridized carbons (Fsp3) is 0.300. The van der Waals surface area contributed by atoms with Crippen molar-refractivity contribution < 1.29 is 0 Å². The summed E-state index contributed by atoms with van der Waals surface area (Å²) < 4.78 is 0. The van der Waals surface area contributed by atoms with Gasteiger partial charge in [-0.2, -0.15) is 0 Å². The zero-order valence-corrected chi connectivity index (χ0v) is 18.9. The Hall–Kier alpha value is -1.34. The normalized spacial score (nSPS) is 11.5. The van der Waals surface area contributed by atoms with Crippen molar-refractivity contribution in [1.82, 2.24) is 9.97 Å². The maximum absolute atomic E-state index is 4.86. The third-order valence-electron chi connectivity index (χ3n) is 4.27. The van der Waals surface area contributed by atoms with Gasteiger partial charge < -0.3 is 0 Å². The Morgan fingerprint density at radius 1 is 0.538 bits per heavy atom. The number of nitrogens with zero attached hydrogens (tertiary/aromatic N) is 2. The maximum atomic E-state index is 4.86. The van der Waals surface area contributed by atoms with Crippen molar-refractivity contribution in [2.24, 2.45) is 0 Å². The van der Waals surface area contributed by atoms with Gasteiger partial charge in [0, 0.05) is 19.5 Å². The van der Waals surface area contributed by atoms with E-state index in [4.69, 9.17) is 9.97 Å². The van der Waals surface area contributed by atoms with Crippen LogP contribution in [0, 0.1) is 41.5 Å². The van der Waals surface area contributed by atoms with E-state index in [1.54, 1.807) is 22.7 Å². The molecule has 6 heteroatoms. The fourth-order valence-corrected chi connectivity index (χ4v) is 7.83. The minimum Gasteiger partial charge on any atom is -0.238 e. The van der Waals surface area contributed by atoms with Gasteiger partial charge in [0.2, 0.25) is 0 Å². The lowest BCUT2D eigenvalue weighted by atomic mass is 10.2.